The number of rotatable bonds is 2. The van der Waals surface area contributed by atoms with Crippen molar-refractivity contribution in [2.75, 3.05) is 12.0 Å². The molecule has 0 amide bonds. The van der Waals surface area contributed by atoms with Crippen molar-refractivity contribution in [3.63, 3.8) is 0 Å². The first-order valence-corrected chi connectivity index (χ1v) is 7.93. The lowest BCUT2D eigenvalue weighted by molar-refractivity contribution is 0.371. The third-order valence-corrected chi connectivity index (χ3v) is 5.07. The lowest BCUT2D eigenvalue weighted by Gasteiger charge is -2.29. The first-order chi connectivity index (χ1) is 9.19. The summed E-state index contributed by atoms with van der Waals surface area (Å²) in [4.78, 5) is 4.29. The van der Waals surface area contributed by atoms with Crippen molar-refractivity contribution < 1.29 is 4.39 Å². The number of nitrogen functional groups attached to an aromatic ring is 1. The number of hydrogen-bond acceptors (Lipinski definition) is 3. The lowest BCUT2D eigenvalue weighted by Crippen LogP contribution is -2.21. The summed E-state index contributed by atoms with van der Waals surface area (Å²) in [5, 5.41) is 0.691. The van der Waals surface area contributed by atoms with E-state index in [1.54, 1.807) is 6.07 Å². The molecule has 2 atom stereocenters. The zero-order valence-electron chi connectivity index (χ0n) is 11.0. The molecule has 2 N–H and O–H groups in total. The minimum Gasteiger partial charge on any atom is -0.369 e. The molecule has 1 fully saturated rings. The van der Waals surface area contributed by atoms with Crippen LogP contribution < -0.4 is 5.73 Å². The molecule has 1 aromatic carbocycles. The molecular weight excluding hydrogens is 261 g/mol. The van der Waals surface area contributed by atoms with E-state index in [2.05, 4.69) is 15.8 Å². The van der Waals surface area contributed by atoms with Gasteiger partial charge in [0.25, 0.3) is 0 Å². The molecule has 0 saturated heterocycles. The van der Waals surface area contributed by atoms with Crippen LogP contribution in [-0.2, 0) is 0 Å². The largest absolute Gasteiger partial charge is 0.369 e. The summed E-state index contributed by atoms with van der Waals surface area (Å²) < 4.78 is 15.3. The quantitative estimate of drug-likeness (QED) is 0.913. The van der Waals surface area contributed by atoms with Crippen molar-refractivity contribution in [3.8, 4) is 0 Å². The Morgan fingerprint density at radius 1 is 1.42 bits per heavy atom. The average molecular weight is 279 g/mol. The molecule has 1 aliphatic carbocycles. The van der Waals surface area contributed by atoms with Gasteiger partial charge in [0.05, 0.1) is 11.0 Å². The number of halogens is 1. The molecule has 3 rings (SSSR count). The number of thioether (sulfide) groups is 1. The fraction of sp³-hybridized carbons (Fsp3) is 0.500. The predicted molar refractivity (Wildman–Crippen MR) is 78.9 cm³/mol. The molecule has 3 nitrogen and oxygen atoms in total. The van der Waals surface area contributed by atoms with Gasteiger partial charge in [-0.25, -0.2) is 9.37 Å². The number of benzene rings is 1. The van der Waals surface area contributed by atoms with Gasteiger partial charge in [-0.15, -0.1) is 0 Å². The zero-order valence-corrected chi connectivity index (χ0v) is 11.8. The van der Waals surface area contributed by atoms with E-state index in [9.17, 15) is 4.39 Å². The molecule has 1 heterocycles. The summed E-state index contributed by atoms with van der Waals surface area (Å²) in [7, 11) is 0. The smallest absolute Gasteiger partial charge is 0.201 e. The minimum absolute atomic E-state index is 0.261. The van der Waals surface area contributed by atoms with Gasteiger partial charge in [0, 0.05) is 17.4 Å². The Balaban J connectivity index is 2.02. The van der Waals surface area contributed by atoms with E-state index in [-0.39, 0.29) is 5.82 Å². The number of imidazole rings is 1. The fourth-order valence-corrected chi connectivity index (χ4v) is 3.86. The van der Waals surface area contributed by atoms with Crippen LogP contribution in [-0.4, -0.2) is 21.1 Å². The number of hydrogen-bond donors (Lipinski definition) is 1. The van der Waals surface area contributed by atoms with Crippen molar-refractivity contribution in [3.05, 3.63) is 24.0 Å². The summed E-state index contributed by atoms with van der Waals surface area (Å²) in [6, 6.07) is 5.12. The minimum atomic E-state index is -0.261. The van der Waals surface area contributed by atoms with E-state index in [0.29, 0.717) is 22.8 Å². The van der Waals surface area contributed by atoms with E-state index in [4.69, 9.17) is 5.73 Å². The Labute approximate surface area is 116 Å². The van der Waals surface area contributed by atoms with Crippen LogP contribution in [0.4, 0.5) is 10.3 Å². The second-order valence-electron chi connectivity index (χ2n) is 5.15. The lowest BCUT2D eigenvalue weighted by atomic mass is 9.94. The SMILES string of the molecule is CSC1CCCC(n2c(N)nc3cc(F)ccc32)C1. The number of anilines is 1. The third kappa shape index (κ3) is 2.31. The van der Waals surface area contributed by atoms with E-state index < -0.39 is 0 Å². The summed E-state index contributed by atoms with van der Waals surface area (Å²) in [5.74, 6) is 0.245. The predicted octanol–water partition coefficient (Wildman–Crippen LogP) is 3.60. The molecule has 5 heteroatoms. The van der Waals surface area contributed by atoms with E-state index in [0.717, 1.165) is 18.4 Å². The Hall–Kier alpha value is -1.23. The first kappa shape index (κ1) is 12.8. The van der Waals surface area contributed by atoms with Crippen molar-refractivity contribution in [1.82, 2.24) is 9.55 Å². The van der Waals surface area contributed by atoms with Crippen LogP contribution in [0.3, 0.4) is 0 Å². The molecular formula is C14H18FN3S. The van der Waals surface area contributed by atoms with Gasteiger partial charge < -0.3 is 10.3 Å². The highest BCUT2D eigenvalue weighted by Gasteiger charge is 2.25. The Kier molecular flexibility index (Phi) is 3.39. The van der Waals surface area contributed by atoms with Gasteiger partial charge in [0.15, 0.2) is 0 Å². The highest BCUT2D eigenvalue weighted by molar-refractivity contribution is 7.99. The molecule has 0 spiro atoms. The number of nitrogens with zero attached hydrogens (tertiary/aromatic N) is 2. The molecule has 1 aromatic heterocycles. The van der Waals surface area contributed by atoms with Crippen LogP contribution in [0.25, 0.3) is 11.0 Å². The van der Waals surface area contributed by atoms with Crippen LogP contribution >= 0.6 is 11.8 Å². The maximum Gasteiger partial charge on any atom is 0.201 e. The molecule has 2 aromatic rings. The number of aromatic nitrogens is 2. The van der Waals surface area contributed by atoms with Gasteiger partial charge in [0.1, 0.15) is 5.82 Å². The van der Waals surface area contributed by atoms with E-state index >= 15 is 0 Å². The average Bonchev–Trinajstić information content (AvgIpc) is 2.73. The maximum atomic E-state index is 13.2. The highest BCUT2D eigenvalue weighted by atomic mass is 32.2. The van der Waals surface area contributed by atoms with Crippen molar-refractivity contribution in [1.29, 1.82) is 0 Å². The van der Waals surface area contributed by atoms with Gasteiger partial charge in [-0.3, -0.25) is 0 Å². The summed E-state index contributed by atoms with van der Waals surface area (Å²) in [5.41, 5.74) is 7.65. The van der Waals surface area contributed by atoms with Gasteiger partial charge in [0.2, 0.25) is 5.95 Å². The number of nitrogens with two attached hydrogens (primary N) is 1. The van der Waals surface area contributed by atoms with Gasteiger partial charge >= 0.3 is 0 Å². The normalized spacial score (nSPS) is 23.9. The molecule has 1 saturated carbocycles. The molecule has 0 bridgehead atoms. The topological polar surface area (TPSA) is 43.8 Å². The third-order valence-electron chi connectivity index (χ3n) is 3.98. The van der Waals surface area contributed by atoms with Gasteiger partial charge in [-0.1, -0.05) is 6.42 Å². The summed E-state index contributed by atoms with van der Waals surface area (Å²) >= 11 is 1.93. The molecule has 0 radical (unpaired) electrons. The maximum absolute atomic E-state index is 13.2. The Morgan fingerprint density at radius 3 is 3.05 bits per heavy atom. The van der Waals surface area contributed by atoms with Crippen LogP contribution in [0.2, 0.25) is 0 Å². The fourth-order valence-electron chi connectivity index (χ4n) is 3.04. The van der Waals surface area contributed by atoms with Crippen LogP contribution in [0.5, 0.6) is 0 Å². The molecule has 102 valence electrons. The van der Waals surface area contributed by atoms with Crippen LogP contribution in [0.1, 0.15) is 31.7 Å². The molecule has 19 heavy (non-hydrogen) atoms. The van der Waals surface area contributed by atoms with E-state index in [1.807, 2.05) is 11.8 Å². The second-order valence-corrected chi connectivity index (χ2v) is 6.29. The summed E-state index contributed by atoms with van der Waals surface area (Å²) in [6.45, 7) is 0. The van der Waals surface area contributed by atoms with Crippen molar-refractivity contribution in [2.45, 2.75) is 37.0 Å². The first-order valence-electron chi connectivity index (χ1n) is 6.65. The number of fused-ring (bicyclic) bond motifs is 1. The molecule has 2 unspecified atom stereocenters. The second kappa shape index (κ2) is 5.04. The zero-order chi connectivity index (χ0) is 13.4. The van der Waals surface area contributed by atoms with Gasteiger partial charge in [-0.05, 0) is 37.7 Å². The van der Waals surface area contributed by atoms with Crippen LogP contribution in [0, 0.1) is 5.82 Å². The monoisotopic (exact) mass is 279 g/mol. The molecule has 0 aliphatic heterocycles. The van der Waals surface area contributed by atoms with Crippen molar-refractivity contribution in [2.24, 2.45) is 0 Å². The Morgan fingerprint density at radius 2 is 2.26 bits per heavy atom. The highest BCUT2D eigenvalue weighted by Crippen LogP contribution is 2.37. The summed E-state index contributed by atoms with van der Waals surface area (Å²) in [6.07, 6.45) is 6.91. The standard InChI is InChI=1S/C14H18FN3S/c1-19-11-4-2-3-10(8-11)18-13-6-5-9(15)7-12(13)17-14(18)16/h5-7,10-11H,2-4,8H2,1H3,(H2,16,17). The molecule has 1 aliphatic rings. The van der Waals surface area contributed by atoms with Crippen LogP contribution in [0.15, 0.2) is 18.2 Å². The van der Waals surface area contributed by atoms with Gasteiger partial charge in [-0.2, -0.15) is 11.8 Å². The van der Waals surface area contributed by atoms with E-state index in [1.165, 1.54) is 25.0 Å². The van der Waals surface area contributed by atoms with Crippen molar-refractivity contribution >= 4 is 28.7 Å². The Bertz CT molecular complexity index is 596.